The largest absolute Gasteiger partial charge is 0.385 e. The zero-order chi connectivity index (χ0) is 28.1. The van der Waals surface area contributed by atoms with Crippen LogP contribution in [0.5, 0.6) is 0 Å². The predicted molar refractivity (Wildman–Crippen MR) is 155 cm³/mol. The first-order chi connectivity index (χ1) is 19.4. The molecule has 1 aliphatic heterocycles. The third-order valence-corrected chi connectivity index (χ3v) is 7.64. The van der Waals surface area contributed by atoms with Crippen molar-refractivity contribution in [1.29, 1.82) is 0 Å². The van der Waals surface area contributed by atoms with Crippen LogP contribution in [0, 0.1) is 5.82 Å². The number of hydrogen-bond donors (Lipinski definition) is 2. The van der Waals surface area contributed by atoms with Crippen molar-refractivity contribution in [2.45, 2.75) is 50.6 Å². The summed E-state index contributed by atoms with van der Waals surface area (Å²) in [5, 5.41) is 0. The Bertz CT molecular complexity index is 1440. The Morgan fingerprint density at radius 1 is 1.15 bits per heavy atom. The molecule has 8 nitrogen and oxygen atoms in total. The lowest BCUT2D eigenvalue weighted by Gasteiger charge is -2.33. The van der Waals surface area contributed by atoms with Crippen LogP contribution in [0.25, 0.3) is 22.2 Å². The van der Waals surface area contributed by atoms with Gasteiger partial charge < -0.3 is 25.7 Å². The summed E-state index contributed by atoms with van der Waals surface area (Å²) in [7, 11) is 1.68. The van der Waals surface area contributed by atoms with Gasteiger partial charge in [0.25, 0.3) is 0 Å². The molecule has 0 aliphatic carbocycles. The van der Waals surface area contributed by atoms with Gasteiger partial charge >= 0.3 is 0 Å². The number of carbonyl (C=O) groups is 1. The van der Waals surface area contributed by atoms with E-state index in [1.807, 2.05) is 41.3 Å². The molecule has 1 amide bonds. The van der Waals surface area contributed by atoms with Gasteiger partial charge in [-0.3, -0.25) is 4.79 Å². The van der Waals surface area contributed by atoms with Crippen molar-refractivity contribution in [2.24, 2.45) is 5.73 Å². The molecule has 1 fully saturated rings. The highest BCUT2D eigenvalue weighted by atomic mass is 19.1. The molecule has 4 aromatic rings. The maximum atomic E-state index is 14.6. The Labute approximate surface area is 234 Å². The van der Waals surface area contributed by atoms with E-state index in [1.54, 1.807) is 25.4 Å². The Morgan fingerprint density at radius 2 is 1.95 bits per heavy atom. The van der Waals surface area contributed by atoms with Crippen molar-refractivity contribution < 1.29 is 13.9 Å². The van der Waals surface area contributed by atoms with Gasteiger partial charge in [0.2, 0.25) is 5.91 Å². The summed E-state index contributed by atoms with van der Waals surface area (Å²) in [6.45, 7) is 2.56. The molecule has 0 spiro atoms. The van der Waals surface area contributed by atoms with E-state index in [2.05, 4.69) is 9.55 Å². The van der Waals surface area contributed by atoms with Crippen molar-refractivity contribution in [3.63, 3.8) is 0 Å². The summed E-state index contributed by atoms with van der Waals surface area (Å²) < 4.78 is 21.9. The van der Waals surface area contributed by atoms with Crippen LogP contribution in [0.4, 0.5) is 10.2 Å². The highest BCUT2D eigenvalue weighted by molar-refractivity contribution is 5.78. The fourth-order valence-electron chi connectivity index (χ4n) is 5.60. The van der Waals surface area contributed by atoms with Crippen LogP contribution in [0.2, 0.25) is 0 Å². The summed E-state index contributed by atoms with van der Waals surface area (Å²) in [4.78, 5) is 24.1. The van der Waals surface area contributed by atoms with Crippen molar-refractivity contribution in [1.82, 2.24) is 19.4 Å². The first kappa shape index (κ1) is 27.7. The Hall–Kier alpha value is -3.82. The number of ether oxygens (including phenoxy) is 1. The van der Waals surface area contributed by atoms with E-state index in [0.29, 0.717) is 44.0 Å². The average Bonchev–Trinajstić information content (AvgIpc) is 3.34. The number of benzene rings is 2. The molecule has 9 heteroatoms. The van der Waals surface area contributed by atoms with Gasteiger partial charge in [0.1, 0.15) is 17.2 Å². The van der Waals surface area contributed by atoms with E-state index in [1.165, 1.54) is 6.07 Å². The van der Waals surface area contributed by atoms with Crippen LogP contribution in [0.15, 0.2) is 60.8 Å². The number of hydrogen-bond acceptors (Lipinski definition) is 6. The molecular formula is C31H37FN6O2. The van der Waals surface area contributed by atoms with E-state index in [-0.39, 0.29) is 30.1 Å². The van der Waals surface area contributed by atoms with Gasteiger partial charge in [-0.1, -0.05) is 30.3 Å². The number of carbonyl (C=O) groups excluding carboxylic acids is 1. The molecular weight excluding hydrogens is 507 g/mol. The number of nitrogen functional groups attached to an aromatic ring is 1. The Balaban J connectivity index is 1.22. The molecule has 1 saturated heterocycles. The van der Waals surface area contributed by atoms with Crippen LogP contribution in [0.1, 0.15) is 43.0 Å². The molecule has 40 heavy (non-hydrogen) atoms. The molecule has 0 bridgehead atoms. The molecule has 4 N–H and O–H groups in total. The number of pyridine rings is 1. The number of rotatable bonds is 10. The van der Waals surface area contributed by atoms with E-state index < -0.39 is 0 Å². The number of aryl methyl sites for hydroxylation is 1. The summed E-state index contributed by atoms with van der Waals surface area (Å²) in [5.41, 5.74) is 16.4. The summed E-state index contributed by atoms with van der Waals surface area (Å²) in [6.07, 6.45) is 5.21. The molecule has 1 aliphatic rings. The van der Waals surface area contributed by atoms with Gasteiger partial charge in [0.15, 0.2) is 5.82 Å². The second-order valence-corrected chi connectivity index (χ2v) is 10.6. The smallest absolute Gasteiger partial charge is 0.224 e. The quantitative estimate of drug-likeness (QED) is 0.284. The topological polar surface area (TPSA) is 112 Å². The van der Waals surface area contributed by atoms with Gasteiger partial charge in [0, 0.05) is 63.5 Å². The maximum absolute atomic E-state index is 14.6. The van der Waals surface area contributed by atoms with E-state index >= 15 is 0 Å². The van der Waals surface area contributed by atoms with Gasteiger partial charge in [-0.05, 0) is 61.1 Å². The van der Waals surface area contributed by atoms with Crippen LogP contribution in [-0.2, 0) is 22.5 Å². The minimum atomic E-state index is -0.322. The molecule has 0 unspecified atom stereocenters. The minimum Gasteiger partial charge on any atom is -0.385 e. The second kappa shape index (κ2) is 12.6. The number of aromatic nitrogens is 3. The van der Waals surface area contributed by atoms with Crippen LogP contribution in [-0.4, -0.2) is 58.2 Å². The zero-order valence-corrected chi connectivity index (χ0v) is 22.9. The maximum Gasteiger partial charge on any atom is 0.224 e. The standard InChI is InChI=1S/C31H37FN6O2/c1-40-16-4-15-38-27-7-2-6-26(32)30(27)36-31(38)24-5-3-14-37(20-24)29(39)18-25(33)17-21-8-10-22(11-9-21)23-12-13-28(34)35-19-23/h2,6-13,19,24-25H,3-5,14-18,20,33H2,1H3,(H2,34,35)/t24-,25-/m1/s1. The van der Waals surface area contributed by atoms with Crippen LogP contribution >= 0.6 is 0 Å². The van der Waals surface area contributed by atoms with E-state index in [0.717, 1.165) is 47.3 Å². The molecule has 0 saturated carbocycles. The lowest BCUT2D eigenvalue weighted by Crippen LogP contribution is -2.42. The van der Waals surface area contributed by atoms with E-state index in [9.17, 15) is 9.18 Å². The highest BCUT2D eigenvalue weighted by Gasteiger charge is 2.29. The number of methoxy groups -OCH3 is 1. The molecule has 2 aromatic heterocycles. The fourth-order valence-corrected chi connectivity index (χ4v) is 5.60. The summed E-state index contributed by atoms with van der Waals surface area (Å²) >= 11 is 0. The average molecular weight is 545 g/mol. The number of likely N-dealkylation sites (tertiary alicyclic amines) is 1. The summed E-state index contributed by atoms with van der Waals surface area (Å²) in [6, 6.07) is 16.7. The number of anilines is 1. The highest BCUT2D eigenvalue weighted by Crippen LogP contribution is 2.31. The lowest BCUT2D eigenvalue weighted by molar-refractivity contribution is -0.132. The molecule has 2 aromatic carbocycles. The lowest BCUT2D eigenvalue weighted by atomic mass is 9.95. The fraction of sp³-hybridized carbons (Fsp3) is 0.387. The molecule has 3 heterocycles. The van der Waals surface area contributed by atoms with Gasteiger partial charge in [-0.15, -0.1) is 0 Å². The third kappa shape index (κ3) is 6.32. The number of para-hydroxylation sites is 1. The second-order valence-electron chi connectivity index (χ2n) is 10.6. The van der Waals surface area contributed by atoms with E-state index in [4.69, 9.17) is 21.2 Å². The Kier molecular flexibility index (Phi) is 8.72. The third-order valence-electron chi connectivity index (χ3n) is 7.64. The van der Waals surface area contributed by atoms with Gasteiger partial charge in [0.05, 0.1) is 5.52 Å². The van der Waals surface area contributed by atoms with Crippen LogP contribution < -0.4 is 11.5 Å². The number of halogens is 1. The molecule has 210 valence electrons. The molecule has 0 radical (unpaired) electrons. The Morgan fingerprint density at radius 3 is 2.70 bits per heavy atom. The molecule has 5 rings (SSSR count). The van der Waals surface area contributed by atoms with Crippen LogP contribution in [0.3, 0.4) is 0 Å². The van der Waals surface area contributed by atoms with Gasteiger partial charge in [-0.25, -0.2) is 14.4 Å². The number of amides is 1. The number of nitrogens with two attached hydrogens (primary N) is 2. The van der Waals surface area contributed by atoms with Crippen molar-refractivity contribution >= 4 is 22.8 Å². The number of imidazole rings is 1. The molecule has 2 atom stereocenters. The normalized spacial score (nSPS) is 16.4. The predicted octanol–water partition coefficient (Wildman–Crippen LogP) is 4.52. The number of fused-ring (bicyclic) bond motifs is 1. The van der Waals surface area contributed by atoms with Crippen molar-refractivity contribution in [3.8, 4) is 11.1 Å². The van der Waals surface area contributed by atoms with Crippen molar-refractivity contribution in [3.05, 3.63) is 78.0 Å². The van der Waals surface area contributed by atoms with Crippen molar-refractivity contribution in [2.75, 3.05) is 32.5 Å². The monoisotopic (exact) mass is 544 g/mol. The zero-order valence-electron chi connectivity index (χ0n) is 22.9. The number of piperidine rings is 1. The minimum absolute atomic E-state index is 0.0404. The first-order valence-corrected chi connectivity index (χ1v) is 13.9. The first-order valence-electron chi connectivity index (χ1n) is 13.9. The number of nitrogens with zero attached hydrogens (tertiary/aromatic N) is 4. The van der Waals surface area contributed by atoms with Gasteiger partial charge in [-0.2, -0.15) is 0 Å². The SMILES string of the molecule is COCCCn1c([C@@H]2CCCN(C(=O)C[C@H](N)Cc3ccc(-c4ccc(N)nc4)cc3)C2)nc2c(F)cccc21. The summed E-state index contributed by atoms with van der Waals surface area (Å²) in [5.74, 6) is 1.10.